The van der Waals surface area contributed by atoms with Gasteiger partial charge in [-0.3, -0.25) is 0 Å². The lowest BCUT2D eigenvalue weighted by atomic mass is 10.2. The normalized spacial score (nSPS) is 10.4. The van der Waals surface area contributed by atoms with Crippen molar-refractivity contribution in [2.45, 2.75) is 6.92 Å². The van der Waals surface area contributed by atoms with E-state index < -0.39 is 0 Å². The van der Waals surface area contributed by atoms with Gasteiger partial charge in [-0.2, -0.15) is 0 Å². The first-order valence-electron chi connectivity index (χ1n) is 6.14. The molecule has 0 amide bonds. The van der Waals surface area contributed by atoms with Gasteiger partial charge in [0.1, 0.15) is 12.4 Å². The Balaban J connectivity index is 1.82. The number of aryl methyl sites for hydroxylation is 1. The highest BCUT2D eigenvalue weighted by atomic mass is 35.5. The Morgan fingerprint density at radius 1 is 1.00 bits per heavy atom. The molecule has 0 atom stereocenters. The molecule has 2 aromatic rings. The van der Waals surface area contributed by atoms with Gasteiger partial charge in [-0.05, 0) is 42.8 Å². The highest BCUT2D eigenvalue weighted by molar-refractivity contribution is 6.35. The summed E-state index contributed by atoms with van der Waals surface area (Å²) in [5, 5.41) is 5.08. The van der Waals surface area contributed by atoms with Gasteiger partial charge in [0, 0.05) is 22.3 Å². The number of nitrogens with one attached hydrogen (secondary N) is 1. The third-order valence-electron chi connectivity index (χ3n) is 2.75. The maximum absolute atomic E-state index is 6.06. The first-order chi connectivity index (χ1) is 9.56. The number of rotatable bonds is 5. The summed E-state index contributed by atoms with van der Waals surface area (Å²) in [5.74, 6) is 0.625. The van der Waals surface area contributed by atoms with Crippen LogP contribution in [0.2, 0.25) is 15.1 Å². The molecule has 2 aromatic carbocycles. The van der Waals surface area contributed by atoms with Gasteiger partial charge in [0.25, 0.3) is 0 Å². The number of ether oxygens (including phenoxy) is 1. The van der Waals surface area contributed by atoms with Crippen molar-refractivity contribution in [1.29, 1.82) is 0 Å². The van der Waals surface area contributed by atoms with Gasteiger partial charge in [-0.15, -0.1) is 0 Å². The molecule has 5 heteroatoms. The summed E-state index contributed by atoms with van der Waals surface area (Å²) in [5.41, 5.74) is 2.02. The molecule has 0 saturated carbocycles. The van der Waals surface area contributed by atoms with Gasteiger partial charge in [0.2, 0.25) is 0 Å². The Bertz CT molecular complexity index is 602. The number of hydrogen-bond acceptors (Lipinski definition) is 2. The molecule has 1 N–H and O–H groups in total. The number of anilines is 1. The van der Waals surface area contributed by atoms with Crippen LogP contribution < -0.4 is 10.1 Å². The summed E-state index contributed by atoms with van der Waals surface area (Å²) in [7, 11) is 0. The molecule has 106 valence electrons. The molecule has 20 heavy (non-hydrogen) atoms. The quantitative estimate of drug-likeness (QED) is 0.736. The molecule has 0 bridgehead atoms. The molecule has 0 radical (unpaired) electrons. The Morgan fingerprint density at radius 3 is 2.50 bits per heavy atom. The second-order valence-corrected chi connectivity index (χ2v) is 5.56. The molecule has 0 saturated heterocycles. The second kappa shape index (κ2) is 7.07. The maximum atomic E-state index is 6.06. The fourth-order valence-corrected chi connectivity index (χ4v) is 2.30. The zero-order valence-corrected chi connectivity index (χ0v) is 13.2. The summed E-state index contributed by atoms with van der Waals surface area (Å²) in [6, 6.07) is 11.0. The van der Waals surface area contributed by atoms with Gasteiger partial charge in [-0.25, -0.2) is 0 Å². The zero-order chi connectivity index (χ0) is 14.5. The highest BCUT2D eigenvalue weighted by Gasteiger charge is 2.02. The molecule has 0 aliphatic carbocycles. The zero-order valence-electron chi connectivity index (χ0n) is 10.9. The van der Waals surface area contributed by atoms with Crippen molar-refractivity contribution in [3.05, 3.63) is 57.0 Å². The molecule has 0 spiro atoms. The minimum Gasteiger partial charge on any atom is -0.490 e. The van der Waals surface area contributed by atoms with E-state index in [0.717, 1.165) is 16.3 Å². The van der Waals surface area contributed by atoms with E-state index in [-0.39, 0.29) is 0 Å². The van der Waals surface area contributed by atoms with Crippen LogP contribution in [0.3, 0.4) is 0 Å². The van der Waals surface area contributed by atoms with Crippen molar-refractivity contribution < 1.29 is 4.74 Å². The lowest BCUT2D eigenvalue weighted by molar-refractivity contribution is 0.333. The van der Waals surface area contributed by atoms with E-state index in [1.165, 1.54) is 0 Å². The molecular formula is C15H14Cl3NO. The van der Waals surface area contributed by atoms with Crippen molar-refractivity contribution in [3.8, 4) is 5.75 Å². The summed E-state index contributed by atoms with van der Waals surface area (Å²) in [4.78, 5) is 0. The van der Waals surface area contributed by atoms with E-state index in [2.05, 4.69) is 5.32 Å². The third kappa shape index (κ3) is 4.20. The SMILES string of the molecule is Cc1ccc(NCCOc2ccc(Cl)cc2Cl)cc1Cl. The Labute approximate surface area is 133 Å². The highest BCUT2D eigenvalue weighted by Crippen LogP contribution is 2.27. The van der Waals surface area contributed by atoms with Gasteiger partial charge in [-0.1, -0.05) is 40.9 Å². The summed E-state index contributed by atoms with van der Waals surface area (Å²) >= 11 is 17.9. The van der Waals surface area contributed by atoms with Gasteiger partial charge in [0.15, 0.2) is 0 Å². The number of halogens is 3. The van der Waals surface area contributed by atoms with E-state index in [1.54, 1.807) is 18.2 Å². The van der Waals surface area contributed by atoms with Crippen LogP contribution in [0.1, 0.15) is 5.56 Å². The largest absolute Gasteiger partial charge is 0.490 e. The molecule has 0 aliphatic rings. The van der Waals surface area contributed by atoms with Crippen LogP contribution in [0.15, 0.2) is 36.4 Å². The molecule has 2 nitrogen and oxygen atoms in total. The van der Waals surface area contributed by atoms with Crippen LogP contribution in [0.4, 0.5) is 5.69 Å². The Hall–Kier alpha value is -1.09. The summed E-state index contributed by atoms with van der Waals surface area (Å²) in [6.07, 6.45) is 0. The standard InChI is InChI=1S/C15H14Cl3NO/c1-10-2-4-12(9-13(10)17)19-6-7-20-15-5-3-11(16)8-14(15)18/h2-5,8-9,19H,6-7H2,1H3. The van der Waals surface area contributed by atoms with E-state index >= 15 is 0 Å². The van der Waals surface area contributed by atoms with Crippen LogP contribution in [-0.2, 0) is 0 Å². The van der Waals surface area contributed by atoms with Crippen LogP contribution >= 0.6 is 34.8 Å². The van der Waals surface area contributed by atoms with E-state index in [9.17, 15) is 0 Å². The lowest BCUT2D eigenvalue weighted by Crippen LogP contribution is -2.11. The first kappa shape index (κ1) is 15.3. The first-order valence-corrected chi connectivity index (χ1v) is 7.27. The molecule has 0 fully saturated rings. The van der Waals surface area contributed by atoms with Crippen LogP contribution in [-0.4, -0.2) is 13.2 Å². The van der Waals surface area contributed by atoms with E-state index in [0.29, 0.717) is 28.9 Å². The third-order valence-corrected chi connectivity index (χ3v) is 3.69. The second-order valence-electron chi connectivity index (χ2n) is 4.31. The minimum absolute atomic E-state index is 0.493. The predicted octanol–water partition coefficient (Wildman–Crippen LogP) is 5.45. The monoisotopic (exact) mass is 329 g/mol. The number of hydrogen-bond donors (Lipinski definition) is 1. The van der Waals surface area contributed by atoms with Gasteiger partial charge in [0.05, 0.1) is 5.02 Å². The van der Waals surface area contributed by atoms with Crippen LogP contribution in [0, 0.1) is 6.92 Å². The van der Waals surface area contributed by atoms with Crippen LogP contribution in [0.5, 0.6) is 5.75 Å². The molecular weight excluding hydrogens is 317 g/mol. The summed E-state index contributed by atoms with van der Waals surface area (Å²) < 4.78 is 5.58. The average Bonchev–Trinajstić information content (AvgIpc) is 2.40. The number of benzene rings is 2. The molecule has 0 unspecified atom stereocenters. The average molecular weight is 331 g/mol. The molecule has 0 aliphatic heterocycles. The molecule has 0 aromatic heterocycles. The maximum Gasteiger partial charge on any atom is 0.138 e. The van der Waals surface area contributed by atoms with Gasteiger partial charge >= 0.3 is 0 Å². The Kier molecular flexibility index (Phi) is 5.41. The Morgan fingerprint density at radius 2 is 1.80 bits per heavy atom. The lowest BCUT2D eigenvalue weighted by Gasteiger charge is -2.10. The fraction of sp³-hybridized carbons (Fsp3) is 0.200. The van der Waals surface area contributed by atoms with Crippen molar-refractivity contribution >= 4 is 40.5 Å². The smallest absolute Gasteiger partial charge is 0.138 e. The van der Waals surface area contributed by atoms with Crippen LogP contribution in [0.25, 0.3) is 0 Å². The molecule has 0 heterocycles. The summed E-state index contributed by atoms with van der Waals surface area (Å²) in [6.45, 7) is 3.11. The van der Waals surface area contributed by atoms with Gasteiger partial charge < -0.3 is 10.1 Å². The van der Waals surface area contributed by atoms with Crippen molar-refractivity contribution in [3.63, 3.8) is 0 Å². The predicted molar refractivity (Wildman–Crippen MR) is 86.6 cm³/mol. The fourth-order valence-electron chi connectivity index (χ4n) is 1.65. The topological polar surface area (TPSA) is 21.3 Å². The molecule has 2 rings (SSSR count). The van der Waals surface area contributed by atoms with E-state index in [4.69, 9.17) is 39.5 Å². The minimum atomic E-state index is 0.493. The van der Waals surface area contributed by atoms with E-state index in [1.807, 2.05) is 25.1 Å². The van der Waals surface area contributed by atoms with Crippen molar-refractivity contribution in [2.24, 2.45) is 0 Å². The van der Waals surface area contributed by atoms with Crippen molar-refractivity contribution in [1.82, 2.24) is 0 Å². The van der Waals surface area contributed by atoms with Crippen molar-refractivity contribution in [2.75, 3.05) is 18.5 Å².